The molecule has 1 aliphatic rings. The van der Waals surface area contributed by atoms with Crippen LogP contribution in [0.1, 0.15) is 86.2 Å². The lowest BCUT2D eigenvalue weighted by Crippen LogP contribution is -2.24. The minimum Gasteiger partial charge on any atom is -0.462 e. The van der Waals surface area contributed by atoms with E-state index in [0.717, 1.165) is 42.7 Å². The van der Waals surface area contributed by atoms with Crippen LogP contribution in [0.3, 0.4) is 0 Å². The van der Waals surface area contributed by atoms with Gasteiger partial charge < -0.3 is 20.9 Å². The average Bonchev–Trinajstić information content (AvgIpc) is 2.88. The molecule has 0 saturated heterocycles. The summed E-state index contributed by atoms with van der Waals surface area (Å²) in [5.74, 6) is 0.0592. The van der Waals surface area contributed by atoms with E-state index in [0.29, 0.717) is 23.4 Å². The van der Waals surface area contributed by atoms with Gasteiger partial charge >= 0.3 is 11.9 Å². The molecule has 1 saturated carbocycles. The topological polar surface area (TPSA) is 105 Å². The van der Waals surface area contributed by atoms with E-state index < -0.39 is 5.97 Å². The van der Waals surface area contributed by atoms with E-state index in [1.165, 1.54) is 38.2 Å². The molecule has 0 aromatic heterocycles. The Labute approximate surface area is 215 Å². The molecule has 0 atom stereocenters. The molecule has 6 heteroatoms. The van der Waals surface area contributed by atoms with Crippen LogP contribution < -0.4 is 11.5 Å². The number of hydrogen-bond donors (Lipinski definition) is 2. The predicted molar refractivity (Wildman–Crippen MR) is 145 cm³/mol. The fourth-order valence-electron chi connectivity index (χ4n) is 4.66. The molecule has 1 fully saturated rings. The number of esters is 2. The van der Waals surface area contributed by atoms with Crippen LogP contribution >= 0.6 is 0 Å². The third kappa shape index (κ3) is 9.06. The van der Waals surface area contributed by atoms with Gasteiger partial charge in [-0.1, -0.05) is 51.2 Å². The Morgan fingerprint density at radius 3 is 2.44 bits per heavy atom. The molecule has 0 amide bonds. The van der Waals surface area contributed by atoms with E-state index in [9.17, 15) is 9.59 Å². The van der Waals surface area contributed by atoms with E-state index >= 15 is 0 Å². The molecule has 1 aliphatic carbocycles. The molecule has 6 nitrogen and oxygen atoms in total. The standard InChI is InChI=1S/C30H40N2O4/c1-2-3-4-5-6-22-9-15-27(16-10-22)36-30(34)24-12-7-23(8-13-24)11-18-29(33)35-20-19-25-21-26(31)14-17-28(25)32/h7-8,11-14,17-18,21-22,27H,2-6,9-10,15-16,19-20,31-32H2,1H3/b18-11+. The highest BCUT2D eigenvalue weighted by Crippen LogP contribution is 2.30. The Morgan fingerprint density at radius 1 is 0.972 bits per heavy atom. The maximum atomic E-state index is 12.6. The Bertz CT molecular complexity index is 1010. The molecular weight excluding hydrogens is 452 g/mol. The van der Waals surface area contributed by atoms with Gasteiger partial charge in [-0.3, -0.25) is 0 Å². The van der Waals surface area contributed by atoms with Crippen LogP contribution in [0.2, 0.25) is 0 Å². The molecule has 194 valence electrons. The Morgan fingerprint density at radius 2 is 1.72 bits per heavy atom. The Balaban J connectivity index is 1.37. The van der Waals surface area contributed by atoms with Gasteiger partial charge in [0.05, 0.1) is 12.2 Å². The number of rotatable bonds is 12. The summed E-state index contributed by atoms with van der Waals surface area (Å²) in [4.78, 5) is 24.6. The summed E-state index contributed by atoms with van der Waals surface area (Å²) in [5.41, 5.74) is 15.1. The molecule has 0 radical (unpaired) electrons. The summed E-state index contributed by atoms with van der Waals surface area (Å²) < 4.78 is 11.0. The van der Waals surface area contributed by atoms with Crippen molar-refractivity contribution in [1.82, 2.24) is 0 Å². The van der Waals surface area contributed by atoms with Gasteiger partial charge in [0.25, 0.3) is 0 Å². The number of unbranched alkanes of at least 4 members (excludes halogenated alkanes) is 3. The van der Waals surface area contributed by atoms with Gasteiger partial charge in [0, 0.05) is 23.9 Å². The van der Waals surface area contributed by atoms with Gasteiger partial charge in [-0.25, -0.2) is 9.59 Å². The maximum Gasteiger partial charge on any atom is 0.338 e. The van der Waals surface area contributed by atoms with Gasteiger partial charge in [-0.15, -0.1) is 0 Å². The van der Waals surface area contributed by atoms with E-state index in [4.69, 9.17) is 20.9 Å². The van der Waals surface area contributed by atoms with Crippen LogP contribution in [0.15, 0.2) is 48.5 Å². The second-order valence-electron chi connectivity index (χ2n) is 9.73. The summed E-state index contributed by atoms with van der Waals surface area (Å²) in [7, 11) is 0. The van der Waals surface area contributed by atoms with Crippen molar-refractivity contribution in [3.8, 4) is 0 Å². The normalized spacial score (nSPS) is 17.7. The van der Waals surface area contributed by atoms with Gasteiger partial charge in [0.1, 0.15) is 6.10 Å². The monoisotopic (exact) mass is 492 g/mol. The number of carbonyl (C=O) groups excluding carboxylic acids is 2. The van der Waals surface area contributed by atoms with Crippen LogP contribution in [0, 0.1) is 5.92 Å². The SMILES string of the molecule is CCCCCCC1CCC(OC(=O)c2ccc(/C=C/C(=O)OCCc3cc(N)ccc3N)cc2)CC1. The zero-order chi connectivity index (χ0) is 25.8. The zero-order valence-electron chi connectivity index (χ0n) is 21.4. The van der Waals surface area contributed by atoms with Crippen molar-refractivity contribution >= 4 is 29.4 Å². The first kappa shape index (κ1) is 27.3. The summed E-state index contributed by atoms with van der Waals surface area (Å²) in [6.45, 7) is 2.45. The van der Waals surface area contributed by atoms with Crippen LogP contribution in [0.5, 0.6) is 0 Å². The minimum absolute atomic E-state index is 0.0152. The van der Waals surface area contributed by atoms with Crippen molar-refractivity contribution < 1.29 is 19.1 Å². The van der Waals surface area contributed by atoms with Gasteiger partial charge in [0.15, 0.2) is 0 Å². The second-order valence-corrected chi connectivity index (χ2v) is 9.73. The fraction of sp³-hybridized carbons (Fsp3) is 0.467. The molecule has 0 heterocycles. The molecule has 4 N–H and O–H groups in total. The van der Waals surface area contributed by atoms with E-state index in [-0.39, 0.29) is 18.7 Å². The molecule has 2 aromatic rings. The van der Waals surface area contributed by atoms with Gasteiger partial charge in [-0.05, 0) is 79.1 Å². The molecule has 36 heavy (non-hydrogen) atoms. The molecule has 0 spiro atoms. The Kier molecular flexibility index (Phi) is 10.9. The predicted octanol–water partition coefficient (Wildman–Crippen LogP) is 6.34. The number of anilines is 2. The molecule has 0 unspecified atom stereocenters. The van der Waals surface area contributed by atoms with E-state index in [1.807, 2.05) is 0 Å². The Hall–Kier alpha value is -3.28. The van der Waals surface area contributed by atoms with Crippen molar-refractivity contribution in [3.63, 3.8) is 0 Å². The molecule has 3 rings (SSSR count). The van der Waals surface area contributed by atoms with Crippen molar-refractivity contribution in [2.24, 2.45) is 5.92 Å². The number of hydrogen-bond acceptors (Lipinski definition) is 6. The lowest BCUT2D eigenvalue weighted by atomic mass is 9.84. The summed E-state index contributed by atoms with van der Waals surface area (Å²) >= 11 is 0. The van der Waals surface area contributed by atoms with Gasteiger partial charge in [0.2, 0.25) is 0 Å². The van der Waals surface area contributed by atoms with Crippen molar-refractivity contribution in [2.75, 3.05) is 18.1 Å². The van der Waals surface area contributed by atoms with Crippen LogP contribution in [-0.4, -0.2) is 24.6 Å². The van der Waals surface area contributed by atoms with E-state index in [1.54, 1.807) is 48.5 Å². The minimum atomic E-state index is -0.443. The third-order valence-electron chi connectivity index (χ3n) is 6.87. The largest absolute Gasteiger partial charge is 0.462 e. The van der Waals surface area contributed by atoms with Crippen LogP contribution in [0.4, 0.5) is 11.4 Å². The highest BCUT2D eigenvalue weighted by molar-refractivity contribution is 5.90. The summed E-state index contributed by atoms with van der Waals surface area (Å²) in [6.07, 6.45) is 14.3. The quantitative estimate of drug-likeness (QED) is 0.155. The summed E-state index contributed by atoms with van der Waals surface area (Å²) in [5, 5.41) is 0. The maximum absolute atomic E-state index is 12.6. The fourth-order valence-corrected chi connectivity index (χ4v) is 4.66. The lowest BCUT2D eigenvalue weighted by molar-refractivity contribution is -0.137. The second kappa shape index (κ2) is 14.3. The molecular formula is C30H40N2O4. The third-order valence-corrected chi connectivity index (χ3v) is 6.87. The average molecular weight is 493 g/mol. The van der Waals surface area contributed by atoms with Crippen molar-refractivity contribution in [3.05, 3.63) is 65.2 Å². The number of nitrogen functional groups attached to an aromatic ring is 2. The molecule has 0 aliphatic heterocycles. The number of nitrogens with two attached hydrogens (primary N) is 2. The van der Waals surface area contributed by atoms with Crippen molar-refractivity contribution in [1.29, 1.82) is 0 Å². The highest BCUT2D eigenvalue weighted by Gasteiger charge is 2.24. The number of ether oxygens (including phenoxy) is 2. The first-order valence-electron chi connectivity index (χ1n) is 13.2. The number of benzene rings is 2. The van der Waals surface area contributed by atoms with Crippen molar-refractivity contribution in [2.45, 2.75) is 77.2 Å². The first-order chi connectivity index (χ1) is 17.4. The molecule has 0 bridgehead atoms. The number of carbonyl (C=O) groups is 2. The van der Waals surface area contributed by atoms with Crippen LogP contribution in [-0.2, 0) is 20.7 Å². The lowest BCUT2D eigenvalue weighted by Gasteiger charge is -2.28. The zero-order valence-corrected chi connectivity index (χ0v) is 21.4. The first-order valence-corrected chi connectivity index (χ1v) is 13.2. The summed E-state index contributed by atoms with van der Waals surface area (Å²) in [6, 6.07) is 12.3. The molecule has 2 aromatic carbocycles. The van der Waals surface area contributed by atoms with Gasteiger partial charge in [-0.2, -0.15) is 0 Å². The van der Waals surface area contributed by atoms with Crippen LogP contribution in [0.25, 0.3) is 6.08 Å². The smallest absolute Gasteiger partial charge is 0.338 e. The van der Waals surface area contributed by atoms with E-state index in [2.05, 4.69) is 6.92 Å². The highest BCUT2D eigenvalue weighted by atomic mass is 16.5.